The van der Waals surface area contributed by atoms with E-state index in [1.165, 1.54) is 0 Å². The average molecular weight is 278 g/mol. The molecule has 5 nitrogen and oxygen atoms in total. The molecule has 0 fully saturated rings. The number of carbonyl (C=O) groups is 2. The Kier molecular flexibility index (Phi) is 8.79. The van der Waals surface area contributed by atoms with Crippen LogP contribution in [0.1, 0.15) is 27.2 Å². The lowest BCUT2D eigenvalue weighted by Gasteiger charge is -2.19. The topological polar surface area (TPSA) is 58.6 Å². The number of nitrogens with zero attached hydrogens (tertiary/aromatic N) is 1. The normalized spacial score (nSPS) is 9.59. The second-order valence-corrected chi connectivity index (χ2v) is 4.47. The van der Waals surface area contributed by atoms with Gasteiger partial charge in [-0.15, -0.1) is 0 Å². The van der Waals surface area contributed by atoms with Gasteiger partial charge in [0.1, 0.15) is 18.6 Å². The average Bonchev–Trinajstić information content (AvgIpc) is 2.34. The van der Waals surface area contributed by atoms with Gasteiger partial charge in [0, 0.05) is 19.5 Å². The number of hydrogen-bond acceptors (Lipinski definition) is 5. The molecule has 0 rings (SSSR count). The maximum Gasteiger partial charge on any atom is 0.337 e. The molecule has 17 heavy (non-hydrogen) atoms. The molecule has 0 aromatic heterocycles. The molecule has 0 saturated heterocycles. The molecule has 0 saturated carbocycles. The summed E-state index contributed by atoms with van der Waals surface area (Å²) >= 11 is 5.93. The zero-order chi connectivity index (χ0) is 13.3. The van der Waals surface area contributed by atoms with Gasteiger partial charge >= 0.3 is 5.97 Å². The monoisotopic (exact) mass is 278 g/mol. The third kappa shape index (κ3) is 7.17. The lowest BCUT2D eigenvalue weighted by molar-refractivity contribution is -0.134. The van der Waals surface area contributed by atoms with Crippen LogP contribution < -0.4 is 5.32 Å². The first-order valence-electron chi connectivity index (χ1n) is 5.48. The van der Waals surface area contributed by atoms with Gasteiger partial charge < -0.3 is 14.4 Å². The first-order chi connectivity index (χ1) is 8.04. The van der Waals surface area contributed by atoms with Crippen molar-refractivity contribution in [3.8, 4) is 0 Å². The Morgan fingerprint density at radius 2 is 1.88 bits per heavy atom. The maximum atomic E-state index is 11.2. The zero-order valence-corrected chi connectivity index (χ0v) is 11.9. The van der Waals surface area contributed by atoms with Gasteiger partial charge in [0.15, 0.2) is 4.32 Å². The smallest absolute Gasteiger partial charge is 0.337 e. The SMILES string of the molecule is CCC(=O)NCC(=O)OSC(=S)N(CC)CC. The lowest BCUT2D eigenvalue weighted by atomic mass is 10.4. The van der Waals surface area contributed by atoms with Gasteiger partial charge in [-0.1, -0.05) is 6.92 Å². The summed E-state index contributed by atoms with van der Waals surface area (Å²) in [5, 5.41) is 2.43. The Morgan fingerprint density at radius 3 is 2.35 bits per heavy atom. The second-order valence-electron chi connectivity index (χ2n) is 3.11. The lowest BCUT2D eigenvalue weighted by Crippen LogP contribution is -2.30. The summed E-state index contributed by atoms with van der Waals surface area (Å²) in [6.45, 7) is 7.07. The minimum Gasteiger partial charge on any atom is -0.382 e. The van der Waals surface area contributed by atoms with E-state index in [0.717, 1.165) is 25.1 Å². The van der Waals surface area contributed by atoms with E-state index in [9.17, 15) is 9.59 Å². The van der Waals surface area contributed by atoms with E-state index in [1.54, 1.807) is 6.92 Å². The van der Waals surface area contributed by atoms with Crippen LogP contribution in [0.4, 0.5) is 0 Å². The van der Waals surface area contributed by atoms with E-state index in [-0.39, 0.29) is 12.5 Å². The first kappa shape index (κ1) is 16.2. The Morgan fingerprint density at radius 1 is 1.29 bits per heavy atom. The summed E-state index contributed by atoms with van der Waals surface area (Å²) < 4.78 is 5.38. The van der Waals surface area contributed by atoms with Crippen molar-refractivity contribution in [1.29, 1.82) is 0 Å². The highest BCUT2D eigenvalue weighted by molar-refractivity contribution is 8.20. The Balaban J connectivity index is 3.83. The Bertz CT molecular complexity index is 281. The van der Waals surface area contributed by atoms with Crippen LogP contribution in [-0.4, -0.2) is 40.7 Å². The maximum absolute atomic E-state index is 11.2. The predicted octanol–water partition coefficient (Wildman–Crippen LogP) is 1.33. The van der Waals surface area contributed by atoms with Crippen LogP contribution in [-0.2, 0) is 13.8 Å². The molecule has 0 radical (unpaired) electrons. The zero-order valence-electron chi connectivity index (χ0n) is 10.3. The van der Waals surface area contributed by atoms with Crippen molar-refractivity contribution in [1.82, 2.24) is 10.2 Å². The number of hydrogen-bond donors (Lipinski definition) is 1. The number of thiocarbonyl (C=S) groups is 1. The summed E-state index contributed by atoms with van der Waals surface area (Å²) in [7, 11) is 0. The highest BCUT2D eigenvalue weighted by Crippen LogP contribution is 2.10. The van der Waals surface area contributed by atoms with E-state index in [1.807, 2.05) is 18.7 Å². The van der Waals surface area contributed by atoms with E-state index in [2.05, 4.69) is 5.32 Å². The van der Waals surface area contributed by atoms with Crippen molar-refractivity contribution < 1.29 is 13.8 Å². The van der Waals surface area contributed by atoms with Gasteiger partial charge in [0.05, 0.1) is 0 Å². The van der Waals surface area contributed by atoms with E-state index < -0.39 is 5.97 Å². The van der Waals surface area contributed by atoms with Crippen LogP contribution in [0.3, 0.4) is 0 Å². The van der Waals surface area contributed by atoms with Crippen LogP contribution in [0, 0.1) is 0 Å². The highest BCUT2D eigenvalue weighted by Gasteiger charge is 2.11. The molecule has 0 aliphatic heterocycles. The number of nitrogens with one attached hydrogen (secondary N) is 1. The van der Waals surface area contributed by atoms with Gasteiger partial charge in [-0.3, -0.25) is 4.79 Å². The van der Waals surface area contributed by atoms with Gasteiger partial charge in [-0.05, 0) is 26.1 Å². The molecule has 0 aliphatic carbocycles. The van der Waals surface area contributed by atoms with Gasteiger partial charge in [-0.2, -0.15) is 0 Å². The predicted molar refractivity (Wildman–Crippen MR) is 72.5 cm³/mol. The molecule has 0 bridgehead atoms. The van der Waals surface area contributed by atoms with E-state index in [0.29, 0.717) is 10.7 Å². The van der Waals surface area contributed by atoms with Crippen LogP contribution in [0.25, 0.3) is 0 Å². The molecule has 7 heteroatoms. The second kappa shape index (κ2) is 9.23. The Labute approximate surface area is 111 Å². The molecular formula is C10H18N2O3S2. The van der Waals surface area contributed by atoms with Crippen LogP contribution >= 0.6 is 24.3 Å². The quantitative estimate of drug-likeness (QED) is 0.605. The van der Waals surface area contributed by atoms with E-state index >= 15 is 0 Å². The summed E-state index contributed by atoms with van der Waals surface area (Å²) in [5.74, 6) is -0.690. The molecule has 0 aromatic rings. The minimum atomic E-state index is -0.508. The molecule has 1 N–H and O–H groups in total. The first-order valence-corrected chi connectivity index (χ1v) is 6.63. The number of carbonyl (C=O) groups excluding carboxylic acids is 2. The van der Waals surface area contributed by atoms with Crippen LogP contribution in [0.2, 0.25) is 0 Å². The molecule has 98 valence electrons. The van der Waals surface area contributed by atoms with Gasteiger partial charge in [0.25, 0.3) is 0 Å². The molecule has 0 aromatic carbocycles. The molecule has 0 spiro atoms. The van der Waals surface area contributed by atoms with Crippen molar-refractivity contribution in [2.75, 3.05) is 19.6 Å². The molecule has 0 atom stereocenters. The third-order valence-electron chi connectivity index (χ3n) is 1.98. The molecule has 0 aliphatic rings. The largest absolute Gasteiger partial charge is 0.382 e. The van der Waals surface area contributed by atoms with Crippen molar-refractivity contribution in [2.45, 2.75) is 27.2 Å². The van der Waals surface area contributed by atoms with Crippen molar-refractivity contribution >= 4 is 40.5 Å². The fraction of sp³-hybridized carbons (Fsp3) is 0.700. The molecule has 1 amide bonds. The standard InChI is InChI=1S/C10H18N2O3S2/c1-4-8(13)11-7-9(14)15-17-10(16)12(5-2)6-3/h4-7H2,1-3H3,(H,11,13). The summed E-state index contributed by atoms with van der Waals surface area (Å²) in [6.07, 6.45) is 0.346. The summed E-state index contributed by atoms with van der Waals surface area (Å²) in [4.78, 5) is 24.0. The van der Waals surface area contributed by atoms with Crippen LogP contribution in [0.15, 0.2) is 0 Å². The molecule has 0 unspecified atom stereocenters. The summed E-state index contributed by atoms with van der Waals surface area (Å²) in [5.41, 5.74) is 0. The van der Waals surface area contributed by atoms with Gasteiger partial charge in [0.2, 0.25) is 5.91 Å². The van der Waals surface area contributed by atoms with Crippen molar-refractivity contribution in [2.24, 2.45) is 0 Å². The molecule has 0 heterocycles. The van der Waals surface area contributed by atoms with Gasteiger partial charge in [-0.25, -0.2) is 4.79 Å². The fourth-order valence-corrected chi connectivity index (χ4v) is 1.89. The number of amides is 1. The molecular weight excluding hydrogens is 260 g/mol. The van der Waals surface area contributed by atoms with E-state index in [4.69, 9.17) is 16.4 Å². The van der Waals surface area contributed by atoms with Crippen LogP contribution in [0.5, 0.6) is 0 Å². The van der Waals surface area contributed by atoms with Crippen molar-refractivity contribution in [3.05, 3.63) is 0 Å². The fourth-order valence-electron chi connectivity index (χ4n) is 0.942. The Hall–Kier alpha value is -0.820. The highest BCUT2D eigenvalue weighted by atomic mass is 32.2. The number of rotatable bonds is 5. The van der Waals surface area contributed by atoms with Crippen molar-refractivity contribution in [3.63, 3.8) is 0 Å². The summed E-state index contributed by atoms with van der Waals surface area (Å²) in [6, 6.07) is 0. The third-order valence-corrected chi connectivity index (χ3v) is 3.11. The minimum absolute atomic E-state index is 0.124.